The highest BCUT2D eigenvalue weighted by molar-refractivity contribution is 5.88. The fraction of sp³-hybridized carbons (Fsp3) is 0.615. The fourth-order valence-electron chi connectivity index (χ4n) is 2.31. The Kier molecular flexibility index (Phi) is 4.38. The van der Waals surface area contributed by atoms with Crippen molar-refractivity contribution in [2.75, 3.05) is 32.8 Å². The summed E-state index contributed by atoms with van der Waals surface area (Å²) in [6, 6.07) is 1.67. The summed E-state index contributed by atoms with van der Waals surface area (Å²) >= 11 is 0. The normalized spacial score (nSPS) is 16.9. The molecular weight excluding hydrogens is 232 g/mol. The van der Waals surface area contributed by atoms with E-state index >= 15 is 0 Å². The Morgan fingerprint density at radius 1 is 1.39 bits per heavy atom. The van der Waals surface area contributed by atoms with E-state index in [1.807, 2.05) is 17.7 Å². The number of aromatic nitrogens is 1. The van der Waals surface area contributed by atoms with E-state index in [4.69, 9.17) is 9.84 Å². The number of rotatable bonds is 5. The van der Waals surface area contributed by atoms with Gasteiger partial charge in [-0.3, -0.25) is 4.90 Å². The molecule has 1 aromatic rings. The number of nitrogens with zero attached hydrogens (tertiary/aromatic N) is 2. The Morgan fingerprint density at radius 3 is 2.72 bits per heavy atom. The molecule has 1 aliphatic heterocycles. The maximum absolute atomic E-state index is 10.9. The van der Waals surface area contributed by atoms with Gasteiger partial charge in [0.2, 0.25) is 0 Å². The molecule has 0 atom stereocenters. The topological polar surface area (TPSA) is 54.7 Å². The molecule has 2 heterocycles. The number of ether oxygens (including phenoxy) is 1. The highest BCUT2D eigenvalue weighted by Crippen LogP contribution is 2.11. The fourth-order valence-corrected chi connectivity index (χ4v) is 2.31. The Morgan fingerprint density at radius 2 is 2.11 bits per heavy atom. The second-order valence-corrected chi connectivity index (χ2v) is 4.62. The quantitative estimate of drug-likeness (QED) is 0.856. The Bertz CT molecular complexity index is 408. The van der Waals surface area contributed by atoms with Crippen molar-refractivity contribution in [3.63, 3.8) is 0 Å². The maximum Gasteiger partial charge on any atom is 0.337 e. The summed E-state index contributed by atoms with van der Waals surface area (Å²) in [5.41, 5.74) is 1.24. The average Bonchev–Trinajstić information content (AvgIpc) is 2.73. The first-order chi connectivity index (χ1) is 8.68. The Balaban J connectivity index is 1.81. The third kappa shape index (κ3) is 3.11. The lowest BCUT2D eigenvalue weighted by atomic mass is 10.2. The molecule has 100 valence electrons. The third-order valence-electron chi connectivity index (χ3n) is 3.45. The van der Waals surface area contributed by atoms with Crippen molar-refractivity contribution in [1.29, 1.82) is 0 Å². The number of carboxylic acids is 1. The van der Waals surface area contributed by atoms with Gasteiger partial charge in [0.1, 0.15) is 0 Å². The van der Waals surface area contributed by atoms with E-state index in [-0.39, 0.29) is 0 Å². The minimum absolute atomic E-state index is 0.404. The van der Waals surface area contributed by atoms with E-state index in [9.17, 15) is 4.79 Å². The molecule has 2 rings (SSSR count). The van der Waals surface area contributed by atoms with Crippen molar-refractivity contribution in [2.45, 2.75) is 19.9 Å². The largest absolute Gasteiger partial charge is 0.478 e. The molecule has 0 spiro atoms. The van der Waals surface area contributed by atoms with Crippen LogP contribution in [-0.2, 0) is 11.3 Å². The van der Waals surface area contributed by atoms with Gasteiger partial charge in [-0.15, -0.1) is 0 Å². The van der Waals surface area contributed by atoms with E-state index < -0.39 is 5.97 Å². The van der Waals surface area contributed by atoms with Crippen LogP contribution in [0.4, 0.5) is 0 Å². The molecule has 1 aliphatic rings. The predicted molar refractivity (Wildman–Crippen MR) is 68.0 cm³/mol. The summed E-state index contributed by atoms with van der Waals surface area (Å²) in [5.74, 6) is -0.848. The number of aromatic carboxylic acids is 1. The van der Waals surface area contributed by atoms with Gasteiger partial charge < -0.3 is 14.4 Å². The van der Waals surface area contributed by atoms with Crippen LogP contribution in [-0.4, -0.2) is 53.4 Å². The van der Waals surface area contributed by atoms with Crippen molar-refractivity contribution in [1.82, 2.24) is 9.47 Å². The van der Waals surface area contributed by atoms with Gasteiger partial charge in [0.15, 0.2) is 0 Å². The number of carbonyl (C=O) groups is 1. The molecule has 0 bridgehead atoms. The van der Waals surface area contributed by atoms with Crippen molar-refractivity contribution < 1.29 is 14.6 Å². The van der Waals surface area contributed by atoms with Crippen LogP contribution in [0.2, 0.25) is 0 Å². The molecule has 0 saturated carbocycles. The van der Waals surface area contributed by atoms with Gasteiger partial charge in [0, 0.05) is 38.1 Å². The van der Waals surface area contributed by atoms with Gasteiger partial charge in [-0.2, -0.15) is 0 Å². The first-order valence-corrected chi connectivity index (χ1v) is 6.37. The summed E-state index contributed by atoms with van der Waals surface area (Å²) in [7, 11) is 0. The van der Waals surface area contributed by atoms with E-state index in [2.05, 4.69) is 4.90 Å². The summed E-state index contributed by atoms with van der Waals surface area (Å²) in [4.78, 5) is 13.3. The third-order valence-corrected chi connectivity index (χ3v) is 3.45. The highest BCUT2D eigenvalue weighted by Gasteiger charge is 2.12. The molecule has 0 amide bonds. The van der Waals surface area contributed by atoms with Gasteiger partial charge in [-0.25, -0.2) is 4.79 Å². The molecule has 5 heteroatoms. The van der Waals surface area contributed by atoms with Crippen LogP contribution in [0.1, 0.15) is 22.5 Å². The van der Waals surface area contributed by atoms with Gasteiger partial charge in [-0.1, -0.05) is 0 Å². The van der Waals surface area contributed by atoms with Crippen LogP contribution >= 0.6 is 0 Å². The van der Waals surface area contributed by atoms with Crippen molar-refractivity contribution >= 4 is 5.97 Å². The zero-order chi connectivity index (χ0) is 13.0. The zero-order valence-corrected chi connectivity index (χ0v) is 10.8. The second kappa shape index (κ2) is 6.02. The number of hydrogen-bond acceptors (Lipinski definition) is 3. The minimum Gasteiger partial charge on any atom is -0.478 e. The molecule has 5 nitrogen and oxygen atoms in total. The number of carboxylic acid groups (broad SMARTS) is 1. The van der Waals surface area contributed by atoms with Crippen LogP contribution in [0.25, 0.3) is 0 Å². The summed E-state index contributed by atoms with van der Waals surface area (Å²) in [6.07, 6.45) is 2.90. The average molecular weight is 252 g/mol. The van der Waals surface area contributed by atoms with Crippen LogP contribution < -0.4 is 0 Å². The van der Waals surface area contributed by atoms with E-state index in [1.54, 1.807) is 6.07 Å². The highest BCUT2D eigenvalue weighted by atomic mass is 16.5. The number of hydrogen-bond donors (Lipinski definition) is 1. The first-order valence-electron chi connectivity index (χ1n) is 6.37. The molecule has 1 N–H and O–H groups in total. The molecule has 1 saturated heterocycles. The van der Waals surface area contributed by atoms with Gasteiger partial charge >= 0.3 is 5.97 Å². The Labute approximate surface area is 107 Å². The second-order valence-electron chi connectivity index (χ2n) is 4.62. The summed E-state index contributed by atoms with van der Waals surface area (Å²) in [5, 5.41) is 8.97. The molecule has 0 unspecified atom stereocenters. The monoisotopic (exact) mass is 252 g/mol. The molecule has 18 heavy (non-hydrogen) atoms. The molecule has 1 aromatic heterocycles. The van der Waals surface area contributed by atoms with E-state index in [0.29, 0.717) is 5.56 Å². The Hall–Kier alpha value is -1.33. The predicted octanol–water partition coefficient (Wildman–Crippen LogP) is 1.22. The van der Waals surface area contributed by atoms with Crippen LogP contribution in [0.15, 0.2) is 12.3 Å². The van der Waals surface area contributed by atoms with E-state index in [0.717, 1.165) is 51.5 Å². The lowest BCUT2D eigenvalue weighted by Crippen LogP contribution is -2.37. The van der Waals surface area contributed by atoms with Crippen molar-refractivity contribution in [3.05, 3.63) is 23.5 Å². The summed E-state index contributed by atoms with van der Waals surface area (Å²) < 4.78 is 7.32. The maximum atomic E-state index is 10.9. The first kappa shape index (κ1) is 13.1. The van der Waals surface area contributed by atoms with Crippen LogP contribution in [0.5, 0.6) is 0 Å². The molecule has 0 aliphatic carbocycles. The van der Waals surface area contributed by atoms with Crippen LogP contribution in [0, 0.1) is 6.92 Å². The van der Waals surface area contributed by atoms with Crippen LogP contribution in [0.3, 0.4) is 0 Å². The van der Waals surface area contributed by atoms with Crippen molar-refractivity contribution in [3.8, 4) is 0 Å². The van der Waals surface area contributed by atoms with Gasteiger partial charge in [0.25, 0.3) is 0 Å². The lowest BCUT2D eigenvalue weighted by molar-refractivity contribution is 0.0369. The molecule has 0 radical (unpaired) electrons. The van der Waals surface area contributed by atoms with Crippen molar-refractivity contribution in [2.24, 2.45) is 0 Å². The number of aryl methyl sites for hydroxylation is 1. The molecule has 1 fully saturated rings. The standard InChI is InChI=1S/C13H20N2O3/c1-11-12(13(16)17)3-6-15(11)5-2-4-14-7-9-18-10-8-14/h3,6H,2,4-5,7-10H2,1H3,(H,16,17). The van der Waals surface area contributed by atoms with Gasteiger partial charge in [0.05, 0.1) is 18.8 Å². The molecule has 0 aromatic carbocycles. The van der Waals surface area contributed by atoms with Gasteiger partial charge in [-0.05, 0) is 19.4 Å². The summed E-state index contributed by atoms with van der Waals surface area (Å²) in [6.45, 7) is 7.44. The minimum atomic E-state index is -0.848. The number of morpholine rings is 1. The smallest absolute Gasteiger partial charge is 0.337 e. The lowest BCUT2D eigenvalue weighted by Gasteiger charge is -2.26. The SMILES string of the molecule is Cc1c(C(=O)O)ccn1CCCN1CCOCC1. The zero-order valence-electron chi connectivity index (χ0n) is 10.8. The molecular formula is C13H20N2O3. The van der Waals surface area contributed by atoms with E-state index in [1.165, 1.54) is 0 Å².